The number of carbonyl (C=O) groups excluding carboxylic acids is 1. The molecule has 0 bridgehead atoms. The van der Waals surface area contributed by atoms with Crippen molar-refractivity contribution in [3.8, 4) is 0 Å². The average molecular weight is 332 g/mol. The zero-order valence-corrected chi connectivity index (χ0v) is 12.0. The van der Waals surface area contributed by atoms with Gasteiger partial charge in [-0.3, -0.25) is 4.79 Å². The van der Waals surface area contributed by atoms with E-state index in [9.17, 15) is 4.79 Å². The number of aromatic nitrogens is 1. The molecule has 6 heteroatoms. The number of nitrogens with zero attached hydrogens (tertiary/aromatic N) is 1. The molecule has 0 fully saturated rings. The van der Waals surface area contributed by atoms with Crippen LogP contribution in [-0.4, -0.2) is 10.9 Å². The molecule has 88 valence electrons. The smallest absolute Gasteiger partial charge is 0.275 e. The van der Waals surface area contributed by atoms with Crippen LogP contribution in [0.2, 0.25) is 5.02 Å². The van der Waals surface area contributed by atoms with Crippen molar-refractivity contribution in [1.82, 2.24) is 4.98 Å². The zero-order valence-electron chi connectivity index (χ0n) is 8.83. The maximum atomic E-state index is 11.8. The third-order valence-corrected chi connectivity index (χ3v) is 3.70. The number of halogens is 2. The molecule has 2 aromatic rings. The molecule has 3 nitrogen and oxygen atoms in total. The summed E-state index contributed by atoms with van der Waals surface area (Å²) >= 11 is 10.6. The number of amides is 1. The van der Waals surface area contributed by atoms with Gasteiger partial charge in [0, 0.05) is 14.9 Å². The van der Waals surface area contributed by atoms with Gasteiger partial charge in [0.25, 0.3) is 5.91 Å². The van der Waals surface area contributed by atoms with Crippen LogP contribution in [0.25, 0.3) is 0 Å². The molecule has 0 atom stereocenters. The van der Waals surface area contributed by atoms with Crippen LogP contribution in [0.3, 0.4) is 0 Å². The van der Waals surface area contributed by atoms with E-state index in [-0.39, 0.29) is 5.91 Å². The summed E-state index contributed by atoms with van der Waals surface area (Å²) in [5, 5.41) is 5.97. The van der Waals surface area contributed by atoms with Gasteiger partial charge in [-0.25, -0.2) is 4.98 Å². The van der Waals surface area contributed by atoms with Gasteiger partial charge in [0.15, 0.2) is 0 Å². The first-order valence-electron chi connectivity index (χ1n) is 4.75. The first kappa shape index (κ1) is 12.5. The van der Waals surface area contributed by atoms with Crippen LogP contribution in [0.5, 0.6) is 0 Å². The van der Waals surface area contributed by atoms with Gasteiger partial charge in [-0.15, -0.1) is 11.3 Å². The van der Waals surface area contributed by atoms with E-state index in [1.165, 1.54) is 11.3 Å². The highest BCUT2D eigenvalue weighted by Gasteiger charge is 2.11. The molecule has 0 aliphatic carbocycles. The molecular weight excluding hydrogens is 324 g/mol. The lowest BCUT2D eigenvalue weighted by molar-refractivity contribution is 0.102. The maximum Gasteiger partial charge on any atom is 0.275 e. The molecule has 17 heavy (non-hydrogen) atoms. The van der Waals surface area contributed by atoms with Gasteiger partial charge in [-0.05, 0) is 41.1 Å². The molecule has 0 unspecified atom stereocenters. The summed E-state index contributed by atoms with van der Waals surface area (Å²) in [7, 11) is 0. The van der Waals surface area contributed by atoms with Crippen LogP contribution in [0.4, 0.5) is 5.69 Å². The van der Waals surface area contributed by atoms with E-state index in [1.54, 1.807) is 23.6 Å². The summed E-state index contributed by atoms with van der Waals surface area (Å²) < 4.78 is 0.741. The number of nitrogens with one attached hydrogen (secondary N) is 1. The first-order chi connectivity index (χ1) is 8.06. The Hall–Kier alpha value is -0.910. The van der Waals surface area contributed by atoms with Crippen LogP contribution in [0.15, 0.2) is 28.1 Å². The van der Waals surface area contributed by atoms with E-state index in [1.807, 2.05) is 6.92 Å². The van der Waals surface area contributed by atoms with Crippen LogP contribution in [0, 0.1) is 6.92 Å². The second-order valence-electron chi connectivity index (χ2n) is 3.33. The van der Waals surface area contributed by atoms with Crippen molar-refractivity contribution >= 4 is 50.5 Å². The third-order valence-electron chi connectivity index (χ3n) is 2.03. The molecule has 2 rings (SSSR count). The van der Waals surface area contributed by atoms with Crippen molar-refractivity contribution in [2.75, 3.05) is 5.32 Å². The highest BCUT2D eigenvalue weighted by molar-refractivity contribution is 9.10. The number of anilines is 1. The van der Waals surface area contributed by atoms with E-state index in [4.69, 9.17) is 11.6 Å². The van der Waals surface area contributed by atoms with Gasteiger partial charge in [-0.2, -0.15) is 0 Å². The van der Waals surface area contributed by atoms with E-state index in [0.717, 1.165) is 9.48 Å². The molecule has 1 N–H and O–H groups in total. The van der Waals surface area contributed by atoms with Gasteiger partial charge < -0.3 is 5.32 Å². The van der Waals surface area contributed by atoms with E-state index >= 15 is 0 Å². The van der Waals surface area contributed by atoms with Gasteiger partial charge >= 0.3 is 0 Å². The normalized spacial score (nSPS) is 10.3. The molecule has 1 amide bonds. The fraction of sp³-hybridized carbons (Fsp3) is 0.0909. The summed E-state index contributed by atoms with van der Waals surface area (Å²) in [6, 6.07) is 5.18. The van der Waals surface area contributed by atoms with Crippen molar-refractivity contribution in [2.45, 2.75) is 6.92 Å². The topological polar surface area (TPSA) is 42.0 Å². The predicted molar refractivity (Wildman–Crippen MR) is 74.0 cm³/mol. The van der Waals surface area contributed by atoms with Gasteiger partial charge in [0.2, 0.25) is 0 Å². The lowest BCUT2D eigenvalue weighted by Gasteiger charge is -2.05. The molecule has 0 saturated carbocycles. The Balaban J connectivity index is 2.18. The number of carbonyl (C=O) groups is 1. The van der Waals surface area contributed by atoms with Crippen LogP contribution in [0.1, 0.15) is 15.5 Å². The second-order valence-corrected chi connectivity index (χ2v) is 5.68. The summed E-state index contributed by atoms with van der Waals surface area (Å²) in [6.45, 7) is 1.86. The fourth-order valence-electron chi connectivity index (χ4n) is 1.24. The van der Waals surface area contributed by atoms with Gasteiger partial charge in [0.1, 0.15) is 5.69 Å². The van der Waals surface area contributed by atoms with Crippen molar-refractivity contribution in [3.63, 3.8) is 0 Å². The number of aryl methyl sites for hydroxylation is 1. The Labute approximate surface area is 116 Å². The highest BCUT2D eigenvalue weighted by Crippen LogP contribution is 2.26. The standard InChI is InChI=1S/C11H8BrClN2OS/c1-6-14-10(5-17-6)11(16)15-9-3-2-7(13)4-8(9)12/h2-5H,1H3,(H,15,16). The molecule has 0 radical (unpaired) electrons. The van der Waals surface area contributed by atoms with Crippen LogP contribution in [-0.2, 0) is 0 Å². The monoisotopic (exact) mass is 330 g/mol. The molecule has 1 aromatic carbocycles. The Morgan fingerprint density at radius 3 is 2.88 bits per heavy atom. The summed E-state index contributed by atoms with van der Waals surface area (Å²) in [6.07, 6.45) is 0. The van der Waals surface area contributed by atoms with E-state index < -0.39 is 0 Å². The van der Waals surface area contributed by atoms with Crippen molar-refractivity contribution in [2.24, 2.45) is 0 Å². The minimum Gasteiger partial charge on any atom is -0.320 e. The Morgan fingerprint density at radius 1 is 1.53 bits per heavy atom. The van der Waals surface area contributed by atoms with E-state index in [2.05, 4.69) is 26.2 Å². The molecule has 1 aromatic heterocycles. The van der Waals surface area contributed by atoms with Crippen LogP contribution >= 0.6 is 38.9 Å². The van der Waals surface area contributed by atoms with Crippen molar-refractivity contribution in [3.05, 3.63) is 43.8 Å². The fourth-order valence-corrected chi connectivity index (χ4v) is 2.62. The minimum absolute atomic E-state index is 0.225. The average Bonchev–Trinajstić information content (AvgIpc) is 2.69. The number of hydrogen-bond acceptors (Lipinski definition) is 3. The first-order valence-corrected chi connectivity index (χ1v) is 6.80. The van der Waals surface area contributed by atoms with E-state index in [0.29, 0.717) is 16.4 Å². The Bertz CT molecular complexity index is 570. The number of rotatable bonds is 2. The molecule has 1 heterocycles. The zero-order chi connectivity index (χ0) is 12.4. The van der Waals surface area contributed by atoms with Crippen molar-refractivity contribution < 1.29 is 4.79 Å². The molecule has 0 saturated heterocycles. The lowest BCUT2D eigenvalue weighted by atomic mass is 10.3. The maximum absolute atomic E-state index is 11.8. The Morgan fingerprint density at radius 2 is 2.29 bits per heavy atom. The molecular formula is C11H8BrClN2OS. The van der Waals surface area contributed by atoms with Crippen molar-refractivity contribution in [1.29, 1.82) is 0 Å². The number of thiazole rings is 1. The minimum atomic E-state index is -0.225. The molecule has 0 aliphatic heterocycles. The molecule has 0 aliphatic rings. The second kappa shape index (κ2) is 5.16. The third kappa shape index (κ3) is 3.06. The number of benzene rings is 1. The SMILES string of the molecule is Cc1nc(C(=O)Nc2ccc(Cl)cc2Br)cs1. The molecule has 0 spiro atoms. The largest absolute Gasteiger partial charge is 0.320 e. The Kier molecular flexibility index (Phi) is 3.81. The number of hydrogen-bond donors (Lipinski definition) is 1. The predicted octanol–water partition coefficient (Wildman–Crippen LogP) is 4.12. The van der Waals surface area contributed by atoms with Crippen LogP contribution < -0.4 is 5.32 Å². The summed E-state index contributed by atoms with van der Waals surface area (Å²) in [5.41, 5.74) is 1.10. The quantitative estimate of drug-likeness (QED) is 0.899. The summed E-state index contributed by atoms with van der Waals surface area (Å²) in [5.74, 6) is -0.225. The summed E-state index contributed by atoms with van der Waals surface area (Å²) in [4.78, 5) is 16.0. The van der Waals surface area contributed by atoms with Gasteiger partial charge in [-0.1, -0.05) is 11.6 Å². The lowest BCUT2D eigenvalue weighted by Crippen LogP contribution is -2.12. The van der Waals surface area contributed by atoms with Gasteiger partial charge in [0.05, 0.1) is 10.7 Å². The highest BCUT2D eigenvalue weighted by atomic mass is 79.9.